The van der Waals surface area contributed by atoms with Crippen LogP contribution in [0, 0.1) is 0 Å². The third-order valence-corrected chi connectivity index (χ3v) is 4.37. The van der Waals surface area contributed by atoms with Crippen molar-refractivity contribution in [3.63, 3.8) is 0 Å². The third-order valence-electron chi connectivity index (χ3n) is 3.29. The van der Waals surface area contributed by atoms with Crippen molar-refractivity contribution in [2.24, 2.45) is 5.10 Å². The summed E-state index contributed by atoms with van der Waals surface area (Å²) in [4.78, 5) is 15.7. The highest BCUT2D eigenvalue weighted by Gasteiger charge is 2.05. The Morgan fingerprint density at radius 2 is 1.82 bits per heavy atom. The number of hydrogen-bond donors (Lipinski definition) is 1. The van der Waals surface area contributed by atoms with Crippen LogP contribution < -0.4 is 5.43 Å². The zero-order valence-corrected chi connectivity index (χ0v) is 13.1. The van der Waals surface area contributed by atoms with Gasteiger partial charge in [0, 0.05) is 12.5 Å². The summed E-state index contributed by atoms with van der Waals surface area (Å²) in [5.41, 5.74) is 6.26. The molecule has 2 aromatic carbocycles. The number of hydrogen-bond acceptors (Lipinski definition) is 5. The summed E-state index contributed by atoms with van der Waals surface area (Å²) in [5.74, 6) is -0.0430. The molecular formula is C17H15N3OS. The summed E-state index contributed by atoms with van der Waals surface area (Å²) in [6, 6.07) is 16.0. The number of nitrogens with zero attached hydrogens (tertiary/aromatic N) is 2. The van der Waals surface area contributed by atoms with E-state index in [4.69, 9.17) is 0 Å². The van der Waals surface area contributed by atoms with Crippen LogP contribution in [-0.2, 0) is 4.79 Å². The topological polar surface area (TPSA) is 54.4 Å². The summed E-state index contributed by atoms with van der Waals surface area (Å²) in [6.07, 6.45) is 0. The van der Waals surface area contributed by atoms with Gasteiger partial charge < -0.3 is 0 Å². The van der Waals surface area contributed by atoms with Gasteiger partial charge in [-0.15, -0.1) is 11.3 Å². The van der Waals surface area contributed by atoms with E-state index in [2.05, 4.69) is 21.6 Å². The molecule has 0 saturated heterocycles. The Morgan fingerprint density at radius 1 is 1.09 bits per heavy atom. The number of nitrogens with one attached hydrogen (secondary N) is 1. The standard InChI is InChI=1S/C17H15N3OS/c1-11(12(2)21)19-20-14-9-7-13(8-10-14)17-18-15-5-3-4-6-16(15)22-17/h3-10,20H,1-2H3/b19-11+. The fourth-order valence-corrected chi connectivity index (χ4v) is 2.88. The van der Waals surface area contributed by atoms with Gasteiger partial charge in [0.05, 0.1) is 15.9 Å². The second kappa shape index (κ2) is 6.07. The normalized spacial score (nSPS) is 11.6. The van der Waals surface area contributed by atoms with Crippen molar-refractivity contribution in [3.8, 4) is 10.6 Å². The number of ketones is 1. The predicted octanol–water partition coefficient (Wildman–Crippen LogP) is 4.34. The lowest BCUT2D eigenvalue weighted by molar-refractivity contribution is -0.111. The van der Waals surface area contributed by atoms with E-state index in [9.17, 15) is 4.79 Å². The average molecular weight is 309 g/mol. The van der Waals surface area contributed by atoms with Gasteiger partial charge in [0.2, 0.25) is 0 Å². The summed E-state index contributed by atoms with van der Waals surface area (Å²) in [6.45, 7) is 3.18. The van der Waals surface area contributed by atoms with Crippen LogP contribution in [0.25, 0.3) is 20.8 Å². The van der Waals surface area contributed by atoms with Gasteiger partial charge in [0.25, 0.3) is 0 Å². The Balaban J connectivity index is 1.82. The SMILES string of the molecule is CC(=O)/C(C)=N/Nc1ccc(-c2nc3ccccc3s2)cc1. The van der Waals surface area contributed by atoms with Gasteiger partial charge in [-0.05, 0) is 43.3 Å². The zero-order valence-electron chi connectivity index (χ0n) is 12.3. The average Bonchev–Trinajstić information content (AvgIpc) is 2.97. The molecule has 0 atom stereocenters. The first kappa shape index (κ1) is 14.4. The Labute approximate surface area is 132 Å². The highest BCUT2D eigenvalue weighted by Crippen LogP contribution is 2.30. The van der Waals surface area contributed by atoms with Gasteiger partial charge in [-0.2, -0.15) is 5.10 Å². The highest BCUT2D eigenvalue weighted by molar-refractivity contribution is 7.21. The van der Waals surface area contributed by atoms with Gasteiger partial charge >= 0.3 is 0 Å². The maximum atomic E-state index is 11.1. The van der Waals surface area contributed by atoms with Gasteiger partial charge in [0.15, 0.2) is 5.78 Å². The molecule has 0 spiro atoms. The van der Waals surface area contributed by atoms with Crippen molar-refractivity contribution in [1.82, 2.24) is 4.98 Å². The molecular weight excluding hydrogens is 294 g/mol. The van der Waals surface area contributed by atoms with E-state index in [1.807, 2.05) is 42.5 Å². The second-order valence-electron chi connectivity index (χ2n) is 4.93. The molecule has 0 aliphatic carbocycles. The molecule has 0 unspecified atom stereocenters. The number of anilines is 1. The summed E-state index contributed by atoms with van der Waals surface area (Å²) < 4.78 is 1.18. The minimum atomic E-state index is -0.0430. The molecule has 0 radical (unpaired) electrons. The zero-order chi connectivity index (χ0) is 15.5. The van der Waals surface area contributed by atoms with Crippen LogP contribution in [0.4, 0.5) is 5.69 Å². The van der Waals surface area contributed by atoms with Gasteiger partial charge in [-0.1, -0.05) is 12.1 Å². The molecule has 0 saturated carbocycles. The Kier molecular flexibility index (Phi) is 3.98. The van der Waals surface area contributed by atoms with Gasteiger partial charge in [0.1, 0.15) is 10.7 Å². The van der Waals surface area contributed by atoms with E-state index in [1.54, 1.807) is 18.3 Å². The van der Waals surface area contributed by atoms with Crippen molar-refractivity contribution in [1.29, 1.82) is 0 Å². The maximum Gasteiger partial charge on any atom is 0.175 e. The number of benzene rings is 2. The molecule has 22 heavy (non-hydrogen) atoms. The summed E-state index contributed by atoms with van der Waals surface area (Å²) >= 11 is 1.67. The van der Waals surface area contributed by atoms with Crippen LogP contribution >= 0.6 is 11.3 Å². The molecule has 0 aliphatic heterocycles. The van der Waals surface area contributed by atoms with Crippen LogP contribution in [0.5, 0.6) is 0 Å². The molecule has 110 valence electrons. The predicted molar refractivity (Wildman–Crippen MR) is 92.5 cm³/mol. The number of aromatic nitrogens is 1. The molecule has 4 nitrogen and oxygen atoms in total. The van der Waals surface area contributed by atoms with Crippen molar-refractivity contribution < 1.29 is 4.79 Å². The molecule has 1 N–H and O–H groups in total. The molecule has 0 aliphatic rings. The molecule has 5 heteroatoms. The Morgan fingerprint density at radius 3 is 2.50 bits per heavy atom. The first-order chi connectivity index (χ1) is 10.6. The van der Waals surface area contributed by atoms with Crippen LogP contribution in [0.1, 0.15) is 13.8 Å². The number of para-hydroxylation sites is 1. The number of rotatable bonds is 4. The maximum absolute atomic E-state index is 11.1. The van der Waals surface area contributed by atoms with Crippen LogP contribution in [0.3, 0.4) is 0 Å². The van der Waals surface area contributed by atoms with E-state index in [0.717, 1.165) is 21.8 Å². The molecule has 0 amide bonds. The number of carbonyl (C=O) groups is 1. The smallest absolute Gasteiger partial charge is 0.175 e. The molecule has 3 rings (SSSR count). The molecule has 0 fully saturated rings. The minimum absolute atomic E-state index is 0.0430. The van der Waals surface area contributed by atoms with Crippen molar-refractivity contribution in [3.05, 3.63) is 48.5 Å². The first-order valence-corrected chi connectivity index (χ1v) is 7.72. The second-order valence-corrected chi connectivity index (χ2v) is 5.96. The number of thiazole rings is 1. The number of hydrazone groups is 1. The highest BCUT2D eigenvalue weighted by atomic mass is 32.1. The van der Waals surface area contributed by atoms with E-state index >= 15 is 0 Å². The molecule has 0 bridgehead atoms. The van der Waals surface area contributed by atoms with E-state index < -0.39 is 0 Å². The lowest BCUT2D eigenvalue weighted by Crippen LogP contribution is -2.07. The van der Waals surface area contributed by atoms with Crippen molar-refractivity contribution in [2.75, 3.05) is 5.43 Å². The lowest BCUT2D eigenvalue weighted by atomic mass is 10.2. The van der Waals surface area contributed by atoms with Crippen LogP contribution in [-0.4, -0.2) is 16.5 Å². The number of Topliss-reactive ketones (excluding diaryl/α,β-unsaturated/α-hetero) is 1. The molecule has 3 aromatic rings. The van der Waals surface area contributed by atoms with Gasteiger partial charge in [-0.25, -0.2) is 4.98 Å². The number of fused-ring (bicyclic) bond motifs is 1. The summed E-state index contributed by atoms with van der Waals surface area (Å²) in [5, 5.41) is 5.03. The van der Waals surface area contributed by atoms with Crippen molar-refractivity contribution >= 4 is 38.7 Å². The van der Waals surface area contributed by atoms with E-state index in [1.165, 1.54) is 11.6 Å². The monoisotopic (exact) mass is 309 g/mol. The quantitative estimate of drug-likeness (QED) is 0.576. The van der Waals surface area contributed by atoms with Gasteiger partial charge in [-0.3, -0.25) is 10.2 Å². The Hall–Kier alpha value is -2.53. The Bertz CT molecular complexity index is 817. The number of carbonyl (C=O) groups excluding carboxylic acids is 1. The largest absolute Gasteiger partial charge is 0.293 e. The van der Waals surface area contributed by atoms with Crippen LogP contribution in [0.15, 0.2) is 53.6 Å². The lowest BCUT2D eigenvalue weighted by Gasteiger charge is -2.02. The van der Waals surface area contributed by atoms with E-state index in [0.29, 0.717) is 5.71 Å². The van der Waals surface area contributed by atoms with Crippen LogP contribution in [0.2, 0.25) is 0 Å². The molecule has 1 aromatic heterocycles. The third kappa shape index (κ3) is 3.04. The molecule has 1 heterocycles. The minimum Gasteiger partial charge on any atom is -0.293 e. The summed E-state index contributed by atoms with van der Waals surface area (Å²) in [7, 11) is 0. The fraction of sp³-hybridized carbons (Fsp3) is 0.118. The van der Waals surface area contributed by atoms with E-state index in [-0.39, 0.29) is 5.78 Å². The first-order valence-electron chi connectivity index (χ1n) is 6.91. The van der Waals surface area contributed by atoms with Crippen molar-refractivity contribution in [2.45, 2.75) is 13.8 Å². The fourth-order valence-electron chi connectivity index (χ4n) is 1.91.